The van der Waals surface area contributed by atoms with Crippen LogP contribution >= 0.6 is 0 Å². The largest absolute Gasteiger partial charge is 0.442 e. The maximum absolute atomic E-state index is 12.2. The number of aryl methyl sites for hydroxylation is 1. The van der Waals surface area contributed by atoms with Gasteiger partial charge in [-0.25, -0.2) is 19.0 Å². The van der Waals surface area contributed by atoms with Crippen molar-refractivity contribution in [1.82, 2.24) is 24.5 Å². The van der Waals surface area contributed by atoms with E-state index < -0.39 is 5.76 Å². The molecule has 0 saturated carbocycles. The molecule has 2 heterocycles. The Balaban J connectivity index is 1.77. The van der Waals surface area contributed by atoms with Crippen LogP contribution in [0.15, 0.2) is 70.2 Å². The summed E-state index contributed by atoms with van der Waals surface area (Å²) in [6.07, 6.45) is 1.47. The van der Waals surface area contributed by atoms with Crippen LogP contribution in [0.2, 0.25) is 0 Å². The van der Waals surface area contributed by atoms with E-state index >= 15 is 0 Å². The lowest BCUT2D eigenvalue weighted by Gasteiger charge is -2.08. The van der Waals surface area contributed by atoms with Crippen LogP contribution in [0.4, 0.5) is 0 Å². The van der Waals surface area contributed by atoms with Crippen LogP contribution in [0, 0.1) is 6.92 Å². The second kappa shape index (κ2) is 6.20. The Morgan fingerprint density at radius 3 is 2.60 bits per heavy atom. The van der Waals surface area contributed by atoms with Crippen molar-refractivity contribution in [3.63, 3.8) is 0 Å². The number of aromatic nitrogens is 5. The summed E-state index contributed by atoms with van der Waals surface area (Å²) in [5.74, 6) is 0.568. The van der Waals surface area contributed by atoms with Crippen molar-refractivity contribution in [1.29, 1.82) is 0 Å². The topological polar surface area (TPSA) is 78.7 Å². The van der Waals surface area contributed by atoms with Crippen LogP contribution in [-0.2, 0) is 6.54 Å². The number of hydrogen-bond donors (Lipinski definition) is 0. The minimum absolute atomic E-state index is 0.209. The summed E-state index contributed by atoms with van der Waals surface area (Å²) in [7, 11) is 0. The molecular weight excluding hydrogens is 318 g/mol. The predicted molar refractivity (Wildman–Crippen MR) is 91.4 cm³/mol. The zero-order valence-electron chi connectivity index (χ0n) is 13.5. The molecule has 7 nitrogen and oxygen atoms in total. The monoisotopic (exact) mass is 333 g/mol. The predicted octanol–water partition coefficient (Wildman–Crippen LogP) is 2.44. The van der Waals surface area contributed by atoms with Gasteiger partial charge in [0.1, 0.15) is 6.33 Å². The third-order valence-electron chi connectivity index (χ3n) is 3.99. The van der Waals surface area contributed by atoms with Crippen LogP contribution in [0.1, 0.15) is 11.4 Å². The highest BCUT2D eigenvalue weighted by molar-refractivity contribution is 5.59. The van der Waals surface area contributed by atoms with E-state index in [1.165, 1.54) is 10.9 Å². The van der Waals surface area contributed by atoms with Gasteiger partial charge in [0.25, 0.3) is 0 Å². The highest BCUT2D eigenvalue weighted by atomic mass is 16.5. The Kier molecular flexibility index (Phi) is 3.74. The molecule has 0 saturated heterocycles. The SMILES string of the molecule is Cc1ccccc1-c1noc(=O)n1Cc1ncnn1-c1ccccc1. The summed E-state index contributed by atoms with van der Waals surface area (Å²) in [5, 5.41) is 8.20. The summed E-state index contributed by atoms with van der Waals surface area (Å²) >= 11 is 0. The molecule has 0 aliphatic carbocycles. The molecule has 0 bridgehead atoms. The summed E-state index contributed by atoms with van der Waals surface area (Å²) < 4.78 is 8.06. The lowest BCUT2D eigenvalue weighted by molar-refractivity contribution is 0.377. The Bertz CT molecular complexity index is 1060. The van der Waals surface area contributed by atoms with Crippen LogP contribution in [0.25, 0.3) is 17.1 Å². The fourth-order valence-electron chi connectivity index (χ4n) is 2.72. The van der Waals surface area contributed by atoms with Gasteiger partial charge in [-0.2, -0.15) is 5.10 Å². The minimum Gasteiger partial charge on any atom is -0.295 e. The maximum Gasteiger partial charge on any atom is 0.442 e. The molecular formula is C18H15N5O2. The zero-order valence-corrected chi connectivity index (χ0v) is 13.5. The molecule has 25 heavy (non-hydrogen) atoms. The van der Waals surface area contributed by atoms with Crippen LogP contribution in [-0.4, -0.2) is 24.5 Å². The molecule has 7 heteroatoms. The van der Waals surface area contributed by atoms with E-state index in [2.05, 4.69) is 15.2 Å². The summed E-state index contributed by atoms with van der Waals surface area (Å²) in [6, 6.07) is 17.3. The van der Waals surface area contributed by atoms with E-state index in [-0.39, 0.29) is 6.54 Å². The first kappa shape index (κ1) is 15.1. The van der Waals surface area contributed by atoms with E-state index in [4.69, 9.17) is 4.52 Å². The number of nitrogens with zero attached hydrogens (tertiary/aromatic N) is 5. The van der Waals surface area contributed by atoms with Crippen molar-refractivity contribution >= 4 is 0 Å². The molecule has 0 radical (unpaired) electrons. The molecule has 0 aliphatic rings. The van der Waals surface area contributed by atoms with Crippen molar-refractivity contribution in [2.75, 3.05) is 0 Å². The van der Waals surface area contributed by atoms with Gasteiger partial charge in [-0.05, 0) is 24.6 Å². The first-order chi connectivity index (χ1) is 12.2. The first-order valence-electron chi connectivity index (χ1n) is 7.81. The molecule has 2 aromatic heterocycles. The molecule has 2 aromatic carbocycles. The fraction of sp³-hybridized carbons (Fsp3) is 0.111. The second-order valence-corrected chi connectivity index (χ2v) is 5.60. The van der Waals surface area contributed by atoms with Gasteiger partial charge in [0.15, 0.2) is 11.6 Å². The zero-order chi connectivity index (χ0) is 17.2. The highest BCUT2D eigenvalue weighted by Crippen LogP contribution is 2.21. The quantitative estimate of drug-likeness (QED) is 0.573. The Morgan fingerprint density at radius 2 is 1.80 bits per heavy atom. The Labute approximate surface area is 143 Å². The summed E-state index contributed by atoms with van der Waals surface area (Å²) in [6.45, 7) is 2.17. The van der Waals surface area contributed by atoms with E-state index in [1.807, 2.05) is 61.5 Å². The van der Waals surface area contributed by atoms with Crippen molar-refractivity contribution in [2.24, 2.45) is 0 Å². The molecule has 0 atom stereocenters. The number of rotatable bonds is 4. The van der Waals surface area contributed by atoms with Crippen molar-refractivity contribution in [3.05, 3.63) is 82.9 Å². The molecule has 0 fully saturated rings. The Hall–Kier alpha value is -3.48. The number of para-hydroxylation sites is 1. The molecule has 4 aromatic rings. The van der Waals surface area contributed by atoms with Gasteiger partial charge in [0, 0.05) is 5.56 Å². The number of benzene rings is 2. The third-order valence-corrected chi connectivity index (χ3v) is 3.99. The molecule has 124 valence electrons. The average molecular weight is 333 g/mol. The molecule has 0 amide bonds. The van der Waals surface area contributed by atoms with E-state index in [0.29, 0.717) is 11.6 Å². The average Bonchev–Trinajstić information content (AvgIpc) is 3.24. The van der Waals surface area contributed by atoms with Crippen molar-refractivity contribution in [3.8, 4) is 17.1 Å². The van der Waals surface area contributed by atoms with E-state index in [1.54, 1.807) is 4.68 Å². The standard InChI is InChI=1S/C18H15N5O2/c1-13-7-5-6-10-15(13)17-21-25-18(24)22(17)11-16-19-12-20-23(16)14-8-3-2-4-9-14/h2-10,12H,11H2,1H3. The van der Waals surface area contributed by atoms with Gasteiger partial charge in [0.2, 0.25) is 0 Å². The third kappa shape index (κ3) is 2.76. The lowest BCUT2D eigenvalue weighted by Crippen LogP contribution is -2.19. The summed E-state index contributed by atoms with van der Waals surface area (Å²) in [4.78, 5) is 16.5. The van der Waals surface area contributed by atoms with Gasteiger partial charge >= 0.3 is 5.76 Å². The highest BCUT2D eigenvalue weighted by Gasteiger charge is 2.17. The Morgan fingerprint density at radius 1 is 1.04 bits per heavy atom. The van der Waals surface area contributed by atoms with E-state index in [9.17, 15) is 4.79 Å². The smallest absolute Gasteiger partial charge is 0.295 e. The van der Waals surface area contributed by atoms with Gasteiger partial charge in [-0.3, -0.25) is 4.52 Å². The molecule has 0 spiro atoms. The molecule has 0 aliphatic heterocycles. The van der Waals surface area contributed by atoms with Crippen LogP contribution < -0.4 is 5.76 Å². The molecule has 0 unspecified atom stereocenters. The number of hydrogen-bond acceptors (Lipinski definition) is 5. The van der Waals surface area contributed by atoms with Crippen LogP contribution in [0.3, 0.4) is 0 Å². The first-order valence-corrected chi connectivity index (χ1v) is 7.81. The lowest BCUT2D eigenvalue weighted by atomic mass is 10.1. The molecule has 4 rings (SSSR count). The van der Waals surface area contributed by atoms with Crippen LogP contribution in [0.5, 0.6) is 0 Å². The van der Waals surface area contributed by atoms with Gasteiger partial charge in [-0.15, -0.1) is 0 Å². The fourth-order valence-corrected chi connectivity index (χ4v) is 2.72. The minimum atomic E-state index is -0.527. The van der Waals surface area contributed by atoms with E-state index in [0.717, 1.165) is 16.8 Å². The van der Waals surface area contributed by atoms with Crippen molar-refractivity contribution in [2.45, 2.75) is 13.5 Å². The van der Waals surface area contributed by atoms with Gasteiger partial charge in [-0.1, -0.05) is 47.6 Å². The second-order valence-electron chi connectivity index (χ2n) is 5.60. The van der Waals surface area contributed by atoms with Gasteiger partial charge in [0.05, 0.1) is 12.2 Å². The maximum atomic E-state index is 12.2. The summed E-state index contributed by atoms with van der Waals surface area (Å²) in [5.41, 5.74) is 2.73. The molecule has 0 N–H and O–H groups in total. The van der Waals surface area contributed by atoms with Crippen molar-refractivity contribution < 1.29 is 4.52 Å². The van der Waals surface area contributed by atoms with Gasteiger partial charge < -0.3 is 0 Å². The normalized spacial score (nSPS) is 10.9.